The fourth-order valence-electron chi connectivity index (χ4n) is 1.40. The molecule has 0 aliphatic rings. The molecule has 72 valence electrons. The number of aromatic nitrogens is 1. The summed E-state index contributed by atoms with van der Waals surface area (Å²) in [7, 11) is 0. The molecule has 2 aromatic heterocycles. The molecule has 0 atom stereocenters. The Morgan fingerprint density at radius 2 is 2.21 bits per heavy atom. The standard InChI is InChI=1S/C11H11NOS/c13-7-5-9-3-1-6-12-11(9)10-4-2-8-14-10/h1-4,6,8,13H,5,7H2. The maximum Gasteiger partial charge on any atom is 0.0834 e. The van der Waals surface area contributed by atoms with Crippen LogP contribution in [0.25, 0.3) is 10.6 Å². The fraction of sp³-hybridized carbons (Fsp3) is 0.182. The van der Waals surface area contributed by atoms with Crippen molar-refractivity contribution in [3.63, 3.8) is 0 Å². The number of thiophene rings is 1. The minimum absolute atomic E-state index is 0.171. The van der Waals surface area contributed by atoms with Crippen molar-refractivity contribution in [3.8, 4) is 10.6 Å². The lowest BCUT2D eigenvalue weighted by Gasteiger charge is -2.04. The number of aliphatic hydroxyl groups excluding tert-OH is 1. The first-order valence-electron chi connectivity index (χ1n) is 4.50. The van der Waals surface area contributed by atoms with Crippen LogP contribution >= 0.6 is 11.3 Å². The minimum atomic E-state index is 0.171. The van der Waals surface area contributed by atoms with Gasteiger partial charge in [0.1, 0.15) is 0 Å². The first-order chi connectivity index (χ1) is 6.92. The molecule has 0 aromatic carbocycles. The predicted molar refractivity (Wildman–Crippen MR) is 58.3 cm³/mol. The molecule has 0 saturated heterocycles. The molecule has 0 aliphatic heterocycles. The van der Waals surface area contributed by atoms with Gasteiger partial charge < -0.3 is 5.11 Å². The number of pyridine rings is 1. The van der Waals surface area contributed by atoms with E-state index in [0.717, 1.165) is 16.1 Å². The van der Waals surface area contributed by atoms with Crippen molar-refractivity contribution < 1.29 is 5.11 Å². The van der Waals surface area contributed by atoms with E-state index in [1.807, 2.05) is 29.6 Å². The summed E-state index contributed by atoms with van der Waals surface area (Å²) in [4.78, 5) is 5.50. The highest BCUT2D eigenvalue weighted by Crippen LogP contribution is 2.25. The first-order valence-corrected chi connectivity index (χ1v) is 5.38. The highest BCUT2D eigenvalue weighted by Gasteiger charge is 2.05. The summed E-state index contributed by atoms with van der Waals surface area (Å²) >= 11 is 1.67. The van der Waals surface area contributed by atoms with E-state index in [1.54, 1.807) is 17.5 Å². The zero-order valence-corrected chi connectivity index (χ0v) is 8.50. The lowest BCUT2D eigenvalue weighted by atomic mass is 10.1. The molecular formula is C11H11NOS. The van der Waals surface area contributed by atoms with Crippen molar-refractivity contribution in [1.29, 1.82) is 0 Å². The highest BCUT2D eigenvalue weighted by atomic mass is 32.1. The summed E-state index contributed by atoms with van der Waals surface area (Å²) in [5.74, 6) is 0. The van der Waals surface area contributed by atoms with Crippen LogP contribution in [-0.2, 0) is 6.42 Å². The number of hydrogen-bond donors (Lipinski definition) is 1. The Balaban J connectivity index is 2.42. The molecule has 0 radical (unpaired) electrons. The van der Waals surface area contributed by atoms with Crippen LogP contribution in [0.1, 0.15) is 5.56 Å². The SMILES string of the molecule is OCCc1cccnc1-c1cccs1. The van der Waals surface area contributed by atoms with E-state index in [1.165, 1.54) is 0 Å². The van der Waals surface area contributed by atoms with Crippen molar-refractivity contribution in [2.75, 3.05) is 6.61 Å². The average molecular weight is 205 g/mol. The Labute approximate surface area is 86.9 Å². The summed E-state index contributed by atoms with van der Waals surface area (Å²) < 4.78 is 0. The van der Waals surface area contributed by atoms with Gasteiger partial charge in [-0.25, -0.2) is 0 Å². The van der Waals surface area contributed by atoms with Crippen LogP contribution in [0.2, 0.25) is 0 Å². The lowest BCUT2D eigenvalue weighted by Crippen LogP contribution is -1.95. The van der Waals surface area contributed by atoms with Gasteiger partial charge in [-0.15, -0.1) is 11.3 Å². The molecule has 1 N–H and O–H groups in total. The smallest absolute Gasteiger partial charge is 0.0834 e. The second-order valence-electron chi connectivity index (χ2n) is 2.96. The van der Waals surface area contributed by atoms with Gasteiger partial charge in [0.2, 0.25) is 0 Å². The van der Waals surface area contributed by atoms with Crippen LogP contribution in [0.3, 0.4) is 0 Å². The molecule has 0 saturated carbocycles. The normalized spacial score (nSPS) is 10.4. The Morgan fingerprint density at radius 3 is 2.93 bits per heavy atom. The third kappa shape index (κ3) is 1.84. The monoisotopic (exact) mass is 205 g/mol. The van der Waals surface area contributed by atoms with E-state index in [-0.39, 0.29) is 6.61 Å². The third-order valence-electron chi connectivity index (χ3n) is 2.03. The number of hydrogen-bond acceptors (Lipinski definition) is 3. The Kier molecular flexibility index (Phi) is 2.91. The van der Waals surface area contributed by atoms with Crippen molar-refractivity contribution in [3.05, 3.63) is 41.4 Å². The predicted octanol–water partition coefficient (Wildman–Crippen LogP) is 2.34. The Morgan fingerprint density at radius 1 is 1.29 bits per heavy atom. The van der Waals surface area contributed by atoms with Crippen LogP contribution in [0.4, 0.5) is 0 Å². The molecule has 2 aromatic rings. The number of aliphatic hydroxyl groups is 1. The van der Waals surface area contributed by atoms with Gasteiger partial charge in [0.15, 0.2) is 0 Å². The second-order valence-corrected chi connectivity index (χ2v) is 3.91. The second kappa shape index (κ2) is 4.35. The molecule has 2 rings (SSSR count). The summed E-state index contributed by atoms with van der Waals surface area (Å²) in [6.07, 6.45) is 2.46. The molecule has 0 fully saturated rings. The van der Waals surface area contributed by atoms with E-state index in [0.29, 0.717) is 6.42 Å². The van der Waals surface area contributed by atoms with E-state index >= 15 is 0 Å². The maximum atomic E-state index is 8.92. The van der Waals surface area contributed by atoms with Crippen LogP contribution in [0, 0.1) is 0 Å². The van der Waals surface area contributed by atoms with Gasteiger partial charge >= 0.3 is 0 Å². The van der Waals surface area contributed by atoms with E-state index < -0.39 is 0 Å². The molecule has 0 spiro atoms. The molecular weight excluding hydrogens is 194 g/mol. The number of rotatable bonds is 3. The summed E-state index contributed by atoms with van der Waals surface area (Å²) in [6, 6.07) is 7.98. The van der Waals surface area contributed by atoms with E-state index in [4.69, 9.17) is 5.11 Å². The summed E-state index contributed by atoms with van der Waals surface area (Å²) in [5, 5.41) is 11.0. The van der Waals surface area contributed by atoms with Crippen LogP contribution in [0.5, 0.6) is 0 Å². The molecule has 0 unspecified atom stereocenters. The van der Waals surface area contributed by atoms with Crippen molar-refractivity contribution in [1.82, 2.24) is 4.98 Å². The molecule has 2 heterocycles. The Hall–Kier alpha value is -1.19. The van der Waals surface area contributed by atoms with E-state index in [9.17, 15) is 0 Å². The molecule has 2 nitrogen and oxygen atoms in total. The maximum absolute atomic E-state index is 8.92. The van der Waals surface area contributed by atoms with Crippen LogP contribution in [-0.4, -0.2) is 16.7 Å². The zero-order valence-electron chi connectivity index (χ0n) is 7.68. The Bertz CT molecular complexity index is 397. The molecule has 3 heteroatoms. The van der Waals surface area contributed by atoms with Crippen LogP contribution in [0.15, 0.2) is 35.8 Å². The van der Waals surface area contributed by atoms with Crippen molar-refractivity contribution in [2.24, 2.45) is 0 Å². The summed E-state index contributed by atoms with van der Waals surface area (Å²) in [6.45, 7) is 0.171. The molecule has 0 bridgehead atoms. The zero-order chi connectivity index (χ0) is 9.80. The highest BCUT2D eigenvalue weighted by molar-refractivity contribution is 7.13. The third-order valence-corrected chi connectivity index (χ3v) is 2.90. The largest absolute Gasteiger partial charge is 0.396 e. The minimum Gasteiger partial charge on any atom is -0.396 e. The number of nitrogens with zero attached hydrogens (tertiary/aromatic N) is 1. The van der Waals surface area contributed by atoms with Crippen molar-refractivity contribution in [2.45, 2.75) is 6.42 Å². The van der Waals surface area contributed by atoms with Gasteiger partial charge in [0.25, 0.3) is 0 Å². The average Bonchev–Trinajstić information content (AvgIpc) is 2.72. The first kappa shape index (κ1) is 9.37. The van der Waals surface area contributed by atoms with E-state index in [2.05, 4.69) is 4.98 Å². The molecule has 14 heavy (non-hydrogen) atoms. The topological polar surface area (TPSA) is 33.1 Å². The van der Waals surface area contributed by atoms with Gasteiger partial charge in [-0.1, -0.05) is 12.1 Å². The van der Waals surface area contributed by atoms with Gasteiger partial charge in [-0.05, 0) is 29.5 Å². The molecule has 0 aliphatic carbocycles. The molecule has 0 amide bonds. The van der Waals surface area contributed by atoms with Gasteiger partial charge in [0.05, 0.1) is 10.6 Å². The fourth-order valence-corrected chi connectivity index (χ4v) is 2.15. The quantitative estimate of drug-likeness (QED) is 0.834. The van der Waals surface area contributed by atoms with Gasteiger partial charge in [-0.2, -0.15) is 0 Å². The van der Waals surface area contributed by atoms with Crippen LogP contribution < -0.4 is 0 Å². The van der Waals surface area contributed by atoms with Crippen molar-refractivity contribution >= 4 is 11.3 Å². The lowest BCUT2D eigenvalue weighted by molar-refractivity contribution is 0.299. The van der Waals surface area contributed by atoms with Gasteiger partial charge in [0, 0.05) is 12.8 Å². The van der Waals surface area contributed by atoms with Gasteiger partial charge in [-0.3, -0.25) is 4.98 Å². The summed E-state index contributed by atoms with van der Waals surface area (Å²) in [5.41, 5.74) is 2.11.